The molecule has 1 amide bonds. The summed E-state index contributed by atoms with van der Waals surface area (Å²) in [4.78, 5) is 14.8. The van der Waals surface area contributed by atoms with Crippen molar-refractivity contribution in [2.75, 3.05) is 13.1 Å². The lowest BCUT2D eigenvalue weighted by atomic mass is 10.2. The summed E-state index contributed by atoms with van der Waals surface area (Å²) in [6.45, 7) is 14.2. The van der Waals surface area contributed by atoms with E-state index in [1.807, 2.05) is 26.0 Å². The first-order valence-corrected chi connectivity index (χ1v) is 9.48. The second-order valence-electron chi connectivity index (χ2n) is 7.30. The van der Waals surface area contributed by atoms with Gasteiger partial charge in [0.1, 0.15) is 18.1 Å². The molecule has 0 unspecified atom stereocenters. The lowest BCUT2D eigenvalue weighted by Gasteiger charge is -2.30. The van der Waals surface area contributed by atoms with Crippen molar-refractivity contribution in [1.29, 1.82) is 0 Å². The summed E-state index contributed by atoms with van der Waals surface area (Å²) in [5.41, 5.74) is 2.35. The van der Waals surface area contributed by atoms with E-state index in [2.05, 4.69) is 43.1 Å². The normalized spacial score (nSPS) is 11.4. The number of hydrogen-bond acceptors (Lipinski definition) is 5. The van der Waals surface area contributed by atoms with Crippen molar-refractivity contribution in [3.63, 3.8) is 0 Å². The summed E-state index contributed by atoms with van der Waals surface area (Å²) < 4.78 is 11.0. The van der Waals surface area contributed by atoms with E-state index in [1.165, 1.54) is 0 Å². The van der Waals surface area contributed by atoms with Gasteiger partial charge in [0.15, 0.2) is 0 Å². The van der Waals surface area contributed by atoms with Gasteiger partial charge in [0.05, 0.1) is 11.3 Å². The summed E-state index contributed by atoms with van der Waals surface area (Å²) in [5, 5.41) is 6.92. The number of benzene rings is 1. The Morgan fingerprint density at radius 3 is 2.52 bits per heavy atom. The molecule has 1 aromatic carbocycles. The molecular formula is C21H31N3O3. The molecule has 0 aliphatic heterocycles. The van der Waals surface area contributed by atoms with Crippen LogP contribution in [0.15, 0.2) is 28.8 Å². The highest BCUT2D eigenvalue weighted by atomic mass is 16.5. The zero-order valence-corrected chi connectivity index (χ0v) is 17.2. The van der Waals surface area contributed by atoms with Crippen molar-refractivity contribution in [3.05, 3.63) is 46.8 Å². The van der Waals surface area contributed by atoms with E-state index in [0.29, 0.717) is 36.5 Å². The summed E-state index contributed by atoms with van der Waals surface area (Å²) in [6, 6.07) is 8.11. The molecule has 0 aliphatic carbocycles. The number of rotatable bonds is 9. The highest BCUT2D eigenvalue weighted by molar-refractivity contribution is 5.94. The molecule has 1 aromatic heterocycles. The van der Waals surface area contributed by atoms with Crippen LogP contribution in [0.4, 0.5) is 0 Å². The molecular weight excluding hydrogens is 342 g/mol. The summed E-state index contributed by atoms with van der Waals surface area (Å²) in [5.74, 6) is 1.31. The molecule has 0 bridgehead atoms. The average Bonchev–Trinajstić information content (AvgIpc) is 2.94. The van der Waals surface area contributed by atoms with Gasteiger partial charge in [0.2, 0.25) is 0 Å². The van der Waals surface area contributed by atoms with E-state index in [9.17, 15) is 4.79 Å². The zero-order chi connectivity index (χ0) is 20.0. The zero-order valence-electron chi connectivity index (χ0n) is 17.2. The van der Waals surface area contributed by atoms with Gasteiger partial charge in [-0.15, -0.1) is 0 Å². The van der Waals surface area contributed by atoms with Crippen LogP contribution >= 0.6 is 0 Å². The molecule has 6 heteroatoms. The van der Waals surface area contributed by atoms with E-state index in [4.69, 9.17) is 9.26 Å². The van der Waals surface area contributed by atoms with E-state index >= 15 is 0 Å². The number of nitrogens with zero attached hydrogens (tertiary/aromatic N) is 2. The Morgan fingerprint density at radius 1 is 1.22 bits per heavy atom. The molecule has 0 spiro atoms. The molecule has 148 valence electrons. The third-order valence-corrected chi connectivity index (χ3v) is 4.64. The molecule has 0 aliphatic rings. The lowest BCUT2D eigenvalue weighted by Crippen LogP contribution is -2.42. The first-order valence-electron chi connectivity index (χ1n) is 9.48. The molecule has 0 saturated heterocycles. The van der Waals surface area contributed by atoms with Gasteiger partial charge in [0, 0.05) is 30.7 Å². The van der Waals surface area contributed by atoms with Crippen LogP contribution in [-0.2, 0) is 6.61 Å². The topological polar surface area (TPSA) is 67.6 Å². The van der Waals surface area contributed by atoms with E-state index in [0.717, 1.165) is 23.6 Å². The van der Waals surface area contributed by atoms with Crippen LogP contribution in [-0.4, -0.2) is 41.1 Å². The van der Waals surface area contributed by atoms with E-state index < -0.39 is 0 Å². The Bertz CT molecular complexity index is 725. The molecule has 1 heterocycles. The Kier molecular flexibility index (Phi) is 7.42. The molecule has 0 fully saturated rings. The van der Waals surface area contributed by atoms with Gasteiger partial charge in [-0.25, -0.2) is 0 Å². The van der Waals surface area contributed by atoms with Crippen LogP contribution in [0.1, 0.15) is 55.1 Å². The predicted molar refractivity (Wildman–Crippen MR) is 106 cm³/mol. The molecule has 0 atom stereocenters. The molecule has 0 radical (unpaired) electrons. The fourth-order valence-corrected chi connectivity index (χ4v) is 3.10. The van der Waals surface area contributed by atoms with Gasteiger partial charge in [-0.2, -0.15) is 0 Å². The molecule has 2 rings (SSSR count). The Balaban J connectivity index is 1.91. The Labute approximate surface area is 161 Å². The van der Waals surface area contributed by atoms with Gasteiger partial charge >= 0.3 is 0 Å². The first-order chi connectivity index (χ1) is 12.8. The SMILES string of the molecule is Cc1noc(C)c1COc1cccc(C(=O)NCCN(C(C)C)C(C)C)c1. The molecule has 0 saturated carbocycles. The first kappa shape index (κ1) is 21.0. The quantitative estimate of drug-likeness (QED) is 0.726. The minimum atomic E-state index is -0.0924. The number of carbonyl (C=O) groups is 1. The Morgan fingerprint density at radius 2 is 1.93 bits per heavy atom. The van der Waals surface area contributed by atoms with Crippen molar-refractivity contribution >= 4 is 5.91 Å². The smallest absolute Gasteiger partial charge is 0.251 e. The van der Waals surface area contributed by atoms with Crippen LogP contribution < -0.4 is 10.1 Å². The van der Waals surface area contributed by atoms with Gasteiger partial charge < -0.3 is 14.6 Å². The fraction of sp³-hybridized carbons (Fsp3) is 0.524. The van der Waals surface area contributed by atoms with Crippen LogP contribution in [0.5, 0.6) is 5.75 Å². The number of aromatic nitrogens is 1. The van der Waals surface area contributed by atoms with E-state index in [1.54, 1.807) is 12.1 Å². The second-order valence-corrected chi connectivity index (χ2v) is 7.30. The fourth-order valence-electron chi connectivity index (χ4n) is 3.10. The summed E-state index contributed by atoms with van der Waals surface area (Å²) >= 11 is 0. The third kappa shape index (κ3) is 5.82. The van der Waals surface area contributed by atoms with E-state index in [-0.39, 0.29) is 5.91 Å². The number of hydrogen-bond donors (Lipinski definition) is 1. The molecule has 1 N–H and O–H groups in total. The maximum Gasteiger partial charge on any atom is 0.251 e. The number of nitrogens with one attached hydrogen (secondary N) is 1. The van der Waals surface area contributed by atoms with Gasteiger partial charge in [0.25, 0.3) is 5.91 Å². The lowest BCUT2D eigenvalue weighted by molar-refractivity contribution is 0.0939. The second kappa shape index (κ2) is 9.55. The standard InChI is InChI=1S/C21H31N3O3/c1-14(2)24(15(3)4)11-10-22-21(25)18-8-7-9-19(12-18)26-13-20-16(5)23-27-17(20)6/h7-9,12,14-15H,10-11,13H2,1-6H3,(H,22,25). The van der Waals surface area contributed by atoms with Crippen molar-refractivity contribution in [2.45, 2.75) is 60.2 Å². The average molecular weight is 373 g/mol. The van der Waals surface area contributed by atoms with Gasteiger partial charge in [-0.1, -0.05) is 11.2 Å². The number of amides is 1. The maximum absolute atomic E-state index is 12.4. The summed E-state index contributed by atoms with van der Waals surface area (Å²) in [7, 11) is 0. The predicted octanol–water partition coefficient (Wildman–Crippen LogP) is 3.72. The van der Waals surface area contributed by atoms with Crippen LogP contribution in [0, 0.1) is 13.8 Å². The van der Waals surface area contributed by atoms with Crippen molar-refractivity contribution < 1.29 is 14.1 Å². The number of ether oxygens (including phenoxy) is 1. The van der Waals surface area contributed by atoms with Crippen LogP contribution in [0.2, 0.25) is 0 Å². The highest BCUT2D eigenvalue weighted by Gasteiger charge is 2.14. The van der Waals surface area contributed by atoms with Crippen LogP contribution in [0.25, 0.3) is 0 Å². The molecule has 6 nitrogen and oxygen atoms in total. The largest absolute Gasteiger partial charge is 0.489 e. The van der Waals surface area contributed by atoms with Crippen molar-refractivity contribution in [3.8, 4) is 5.75 Å². The molecule has 27 heavy (non-hydrogen) atoms. The maximum atomic E-state index is 12.4. The Hall–Kier alpha value is -2.34. The third-order valence-electron chi connectivity index (χ3n) is 4.64. The number of carbonyl (C=O) groups excluding carboxylic acids is 1. The monoisotopic (exact) mass is 373 g/mol. The van der Waals surface area contributed by atoms with Crippen LogP contribution in [0.3, 0.4) is 0 Å². The van der Waals surface area contributed by atoms with Crippen molar-refractivity contribution in [2.24, 2.45) is 0 Å². The minimum absolute atomic E-state index is 0.0924. The number of aryl methyl sites for hydroxylation is 2. The minimum Gasteiger partial charge on any atom is -0.489 e. The summed E-state index contributed by atoms with van der Waals surface area (Å²) in [6.07, 6.45) is 0. The highest BCUT2D eigenvalue weighted by Crippen LogP contribution is 2.18. The molecule has 2 aromatic rings. The van der Waals surface area contributed by atoms with Gasteiger partial charge in [-0.05, 0) is 59.7 Å². The van der Waals surface area contributed by atoms with Gasteiger partial charge in [-0.3, -0.25) is 9.69 Å². The van der Waals surface area contributed by atoms with Crippen molar-refractivity contribution in [1.82, 2.24) is 15.4 Å².